The van der Waals surface area contributed by atoms with Crippen LogP contribution in [0.1, 0.15) is 40.1 Å². The van der Waals surface area contributed by atoms with Gasteiger partial charge in [0.2, 0.25) is 11.9 Å². The molecule has 0 aromatic heterocycles. The molecule has 0 radical (unpaired) electrons. The summed E-state index contributed by atoms with van der Waals surface area (Å²) in [6, 6.07) is 8.10. The van der Waals surface area contributed by atoms with E-state index in [2.05, 4.69) is 4.52 Å². The Morgan fingerprint density at radius 1 is 0.931 bits per heavy atom. The van der Waals surface area contributed by atoms with Crippen molar-refractivity contribution >= 4 is 14.0 Å². The Kier molecular flexibility index (Phi) is 7.15. The Morgan fingerprint density at radius 2 is 1.45 bits per heavy atom. The third-order valence-electron chi connectivity index (χ3n) is 3.69. The largest absolute Gasteiger partial charge is 0.698 e. The minimum atomic E-state index is -5.24. The van der Waals surface area contributed by atoms with Crippen LogP contribution in [0.3, 0.4) is 0 Å². The van der Waals surface area contributed by atoms with Gasteiger partial charge >= 0.3 is 20.6 Å². The van der Waals surface area contributed by atoms with Crippen LogP contribution in [0, 0.1) is 0 Å². The molecule has 0 N–H and O–H groups in total. The maximum absolute atomic E-state index is 13.4. The average Bonchev–Trinajstić information content (AvgIpc) is 2.64. The zero-order valence-electron chi connectivity index (χ0n) is 14.8. The van der Waals surface area contributed by atoms with Crippen LogP contribution in [-0.2, 0) is 26.0 Å². The van der Waals surface area contributed by atoms with Gasteiger partial charge in [-0.2, -0.15) is 26.3 Å². The lowest BCUT2D eigenvalue weighted by Crippen LogP contribution is -2.24. The molecule has 0 saturated carbocycles. The molecule has 0 spiro atoms. The number of rotatable bonds is 7. The normalized spacial score (nSPS) is 13.8. The van der Waals surface area contributed by atoms with Crippen molar-refractivity contribution in [1.82, 2.24) is 0 Å². The first-order valence-electron chi connectivity index (χ1n) is 8.10. The lowest BCUT2D eigenvalue weighted by atomic mass is 9.91. The first-order chi connectivity index (χ1) is 13.5. The molecular weight excluding hydrogens is 425 g/mol. The van der Waals surface area contributed by atoms with Gasteiger partial charge in [-0.15, -0.1) is 9.05 Å². The van der Waals surface area contributed by atoms with Crippen molar-refractivity contribution in [1.29, 1.82) is 0 Å². The van der Waals surface area contributed by atoms with E-state index in [1.807, 2.05) is 0 Å². The standard InChI is InChI=1S/C18H14F6O4P/c1-2-27-29(26)28-16(11-7-4-3-5-8-11)15(25)14-12(17(19,20)21)9-6-10-13(14)18(22,23)24/h3-10,16H,2H2,1H3/q+1. The van der Waals surface area contributed by atoms with E-state index in [0.29, 0.717) is 18.2 Å². The average molecular weight is 439 g/mol. The molecule has 0 aliphatic heterocycles. The second-order valence-corrected chi connectivity index (χ2v) is 6.54. The fourth-order valence-electron chi connectivity index (χ4n) is 2.53. The number of Topliss-reactive ketones (excluding diaryl/α,β-unsaturated/α-hetero) is 1. The van der Waals surface area contributed by atoms with Crippen molar-refractivity contribution in [3.05, 3.63) is 70.8 Å². The van der Waals surface area contributed by atoms with Gasteiger partial charge in [-0.05, 0) is 24.6 Å². The molecule has 156 valence electrons. The molecule has 0 aliphatic carbocycles. The molecule has 2 aromatic carbocycles. The summed E-state index contributed by atoms with van der Waals surface area (Å²) >= 11 is 0. The lowest BCUT2D eigenvalue weighted by Gasteiger charge is -2.20. The number of halogens is 6. The molecule has 2 unspecified atom stereocenters. The molecule has 2 atom stereocenters. The van der Waals surface area contributed by atoms with Gasteiger partial charge in [0.05, 0.1) is 11.1 Å². The third kappa shape index (κ3) is 5.62. The minimum absolute atomic E-state index is 0.0781. The van der Waals surface area contributed by atoms with E-state index >= 15 is 0 Å². The molecular formula is C18H14F6O4P+. The predicted octanol–water partition coefficient (Wildman–Crippen LogP) is 6.36. The van der Waals surface area contributed by atoms with Gasteiger partial charge in [0.15, 0.2) is 0 Å². The van der Waals surface area contributed by atoms with E-state index in [1.54, 1.807) is 0 Å². The predicted molar refractivity (Wildman–Crippen MR) is 90.3 cm³/mol. The molecule has 2 rings (SSSR count). The number of carbonyl (C=O) groups is 1. The molecule has 29 heavy (non-hydrogen) atoms. The Balaban J connectivity index is 2.68. The molecule has 0 saturated heterocycles. The lowest BCUT2D eigenvalue weighted by molar-refractivity contribution is -0.143. The summed E-state index contributed by atoms with van der Waals surface area (Å²) in [4.78, 5) is 12.9. The van der Waals surface area contributed by atoms with Crippen LogP contribution in [0.25, 0.3) is 0 Å². The number of ketones is 1. The highest BCUT2D eigenvalue weighted by atomic mass is 31.1. The van der Waals surface area contributed by atoms with Crippen LogP contribution >= 0.6 is 8.25 Å². The molecule has 0 amide bonds. The molecule has 4 nitrogen and oxygen atoms in total. The van der Waals surface area contributed by atoms with Gasteiger partial charge in [-0.25, -0.2) is 0 Å². The number of carbonyl (C=O) groups excluding carboxylic acids is 1. The van der Waals surface area contributed by atoms with Crippen LogP contribution in [0.15, 0.2) is 48.5 Å². The smallest absolute Gasteiger partial charge is 0.291 e. The number of hydrogen-bond acceptors (Lipinski definition) is 4. The minimum Gasteiger partial charge on any atom is -0.291 e. The Morgan fingerprint density at radius 3 is 1.90 bits per heavy atom. The maximum Gasteiger partial charge on any atom is 0.698 e. The second-order valence-electron chi connectivity index (χ2n) is 5.63. The van der Waals surface area contributed by atoms with Gasteiger partial charge in [0, 0.05) is 10.1 Å². The fraction of sp³-hybridized carbons (Fsp3) is 0.278. The molecule has 2 aromatic rings. The topological polar surface area (TPSA) is 52.6 Å². The molecule has 11 heteroatoms. The van der Waals surface area contributed by atoms with Crippen molar-refractivity contribution < 1.29 is 44.7 Å². The van der Waals surface area contributed by atoms with Gasteiger partial charge in [0.25, 0.3) is 0 Å². The summed E-state index contributed by atoms with van der Waals surface area (Å²) in [5.74, 6) is -1.64. The van der Waals surface area contributed by atoms with Crippen LogP contribution in [-0.4, -0.2) is 12.4 Å². The van der Waals surface area contributed by atoms with Crippen molar-refractivity contribution in [3.63, 3.8) is 0 Å². The highest BCUT2D eigenvalue weighted by Gasteiger charge is 2.46. The first kappa shape index (κ1) is 23.0. The molecule has 0 fully saturated rings. The maximum atomic E-state index is 13.4. The van der Waals surface area contributed by atoms with Crippen molar-refractivity contribution in [3.8, 4) is 0 Å². The van der Waals surface area contributed by atoms with Gasteiger partial charge in [0.1, 0.15) is 6.61 Å². The van der Waals surface area contributed by atoms with E-state index in [0.717, 1.165) is 0 Å². The summed E-state index contributed by atoms with van der Waals surface area (Å²) in [7, 11) is -2.98. The van der Waals surface area contributed by atoms with E-state index in [4.69, 9.17) is 4.52 Å². The van der Waals surface area contributed by atoms with Crippen molar-refractivity contribution in [2.24, 2.45) is 0 Å². The molecule has 0 bridgehead atoms. The quantitative estimate of drug-likeness (QED) is 0.286. The van der Waals surface area contributed by atoms with Crippen LogP contribution < -0.4 is 0 Å². The van der Waals surface area contributed by atoms with Crippen LogP contribution in [0.5, 0.6) is 0 Å². The number of hydrogen-bond donors (Lipinski definition) is 0. The number of alkyl halides is 6. The highest BCUT2D eigenvalue weighted by molar-refractivity contribution is 7.33. The van der Waals surface area contributed by atoms with E-state index in [9.17, 15) is 35.7 Å². The monoisotopic (exact) mass is 439 g/mol. The second kappa shape index (κ2) is 9.02. The summed E-state index contributed by atoms with van der Waals surface area (Å²) in [5.41, 5.74) is -5.23. The molecule has 0 heterocycles. The van der Waals surface area contributed by atoms with E-state index in [1.165, 1.54) is 37.3 Å². The zero-order valence-corrected chi connectivity index (χ0v) is 15.6. The van der Waals surface area contributed by atoms with E-state index < -0.39 is 49.2 Å². The van der Waals surface area contributed by atoms with Crippen molar-refractivity contribution in [2.45, 2.75) is 25.4 Å². The SMILES string of the molecule is CCO[P+](=O)OC(C(=O)c1c(C(F)(F)F)cccc1C(F)(F)F)c1ccccc1. The third-order valence-corrected chi connectivity index (χ3v) is 4.54. The molecule has 0 aliphatic rings. The summed E-state index contributed by atoms with van der Waals surface area (Å²) in [6.45, 7) is 1.33. The summed E-state index contributed by atoms with van der Waals surface area (Å²) in [5, 5.41) is 0. The van der Waals surface area contributed by atoms with Crippen LogP contribution in [0.4, 0.5) is 26.3 Å². The summed E-state index contributed by atoms with van der Waals surface area (Å²) < 4.78 is 102. The summed E-state index contributed by atoms with van der Waals surface area (Å²) in [6.07, 6.45) is -12.5. The zero-order chi connectivity index (χ0) is 21.8. The number of benzene rings is 2. The fourth-order valence-corrected chi connectivity index (χ4v) is 3.19. The first-order valence-corrected chi connectivity index (χ1v) is 9.19. The van der Waals surface area contributed by atoms with Crippen LogP contribution in [0.2, 0.25) is 0 Å². The Hall–Kier alpha value is -2.29. The van der Waals surface area contributed by atoms with Gasteiger partial charge < -0.3 is 0 Å². The highest BCUT2D eigenvalue weighted by Crippen LogP contribution is 2.43. The Bertz CT molecular complexity index is 848. The van der Waals surface area contributed by atoms with Gasteiger partial charge in [-0.3, -0.25) is 4.79 Å². The van der Waals surface area contributed by atoms with E-state index in [-0.39, 0.29) is 12.2 Å². The van der Waals surface area contributed by atoms with Gasteiger partial charge in [-0.1, -0.05) is 36.4 Å². The Labute approximate surface area is 162 Å². The van der Waals surface area contributed by atoms with Crippen molar-refractivity contribution in [2.75, 3.05) is 6.61 Å².